The van der Waals surface area contributed by atoms with E-state index in [4.69, 9.17) is 10.5 Å². The fraction of sp³-hybridized carbons (Fsp3) is 0.500. The number of methoxy groups -OCH3 is 1. The molecule has 0 aromatic heterocycles. The first-order chi connectivity index (χ1) is 8.88. The Balaban J connectivity index is 2.75. The third kappa shape index (κ3) is 4.45. The molecular formula is C12H19FN2O3S. The highest BCUT2D eigenvalue weighted by atomic mass is 32.2. The third-order valence-corrected chi connectivity index (χ3v) is 4.25. The minimum absolute atomic E-state index is 0.0122. The first-order valence-corrected chi connectivity index (χ1v) is 7.41. The Kier molecular flexibility index (Phi) is 5.71. The number of nitrogens with one attached hydrogen (secondary N) is 1. The molecule has 7 heteroatoms. The number of ether oxygens (including phenoxy) is 1. The van der Waals surface area contributed by atoms with Gasteiger partial charge in [-0.3, -0.25) is 0 Å². The number of anilines is 1. The van der Waals surface area contributed by atoms with Crippen LogP contribution in [-0.2, 0) is 14.8 Å². The molecule has 0 aliphatic rings. The lowest BCUT2D eigenvalue weighted by Crippen LogP contribution is -2.26. The normalized spacial score (nSPS) is 11.7. The lowest BCUT2D eigenvalue weighted by atomic mass is 10.2. The number of nitrogen functional groups attached to an aromatic ring is 1. The van der Waals surface area contributed by atoms with Crippen molar-refractivity contribution in [3.8, 4) is 0 Å². The molecule has 108 valence electrons. The van der Waals surface area contributed by atoms with E-state index in [-0.39, 0.29) is 10.6 Å². The average Bonchev–Trinajstić information content (AvgIpc) is 2.33. The van der Waals surface area contributed by atoms with Crippen LogP contribution in [0.1, 0.15) is 18.4 Å². The van der Waals surface area contributed by atoms with Crippen LogP contribution in [-0.4, -0.2) is 28.7 Å². The minimum atomic E-state index is -3.65. The van der Waals surface area contributed by atoms with Crippen LogP contribution >= 0.6 is 0 Å². The number of hydrogen-bond donors (Lipinski definition) is 2. The van der Waals surface area contributed by atoms with Crippen molar-refractivity contribution in [1.29, 1.82) is 0 Å². The van der Waals surface area contributed by atoms with E-state index in [0.717, 1.165) is 18.6 Å². The molecule has 0 amide bonds. The number of sulfonamides is 1. The molecule has 0 atom stereocenters. The van der Waals surface area contributed by atoms with E-state index in [1.54, 1.807) is 7.11 Å². The van der Waals surface area contributed by atoms with Crippen molar-refractivity contribution in [3.05, 3.63) is 23.5 Å². The van der Waals surface area contributed by atoms with Gasteiger partial charge in [-0.2, -0.15) is 0 Å². The zero-order valence-electron chi connectivity index (χ0n) is 11.1. The molecular weight excluding hydrogens is 271 g/mol. The van der Waals surface area contributed by atoms with E-state index < -0.39 is 15.8 Å². The number of rotatable bonds is 7. The van der Waals surface area contributed by atoms with Gasteiger partial charge in [-0.1, -0.05) is 0 Å². The first-order valence-electron chi connectivity index (χ1n) is 5.92. The summed E-state index contributed by atoms with van der Waals surface area (Å²) in [7, 11) is -2.06. The van der Waals surface area contributed by atoms with E-state index in [2.05, 4.69) is 4.72 Å². The summed E-state index contributed by atoms with van der Waals surface area (Å²) in [5.74, 6) is -0.614. The highest BCUT2D eigenvalue weighted by Gasteiger charge is 2.18. The summed E-state index contributed by atoms with van der Waals surface area (Å²) in [5, 5.41) is 0. The minimum Gasteiger partial charge on any atom is -0.396 e. The quantitative estimate of drug-likeness (QED) is 0.588. The molecule has 1 aromatic rings. The van der Waals surface area contributed by atoms with Gasteiger partial charge in [-0.05, 0) is 37.5 Å². The van der Waals surface area contributed by atoms with Gasteiger partial charge >= 0.3 is 0 Å². The molecule has 0 fully saturated rings. The number of halogens is 1. The molecule has 0 saturated carbocycles. The maximum absolute atomic E-state index is 13.2. The zero-order valence-corrected chi connectivity index (χ0v) is 11.9. The standard InChI is InChI=1S/C12H19FN2O3S/c1-9-7-10(13)11(14)8-12(9)19(16,17)15-5-3-4-6-18-2/h7-8,15H,3-6,14H2,1-2H3. The molecule has 0 spiro atoms. The van der Waals surface area contributed by atoms with Crippen molar-refractivity contribution in [2.24, 2.45) is 0 Å². The number of hydrogen-bond acceptors (Lipinski definition) is 4. The zero-order chi connectivity index (χ0) is 14.5. The summed E-state index contributed by atoms with van der Waals surface area (Å²) in [5.41, 5.74) is 5.55. The second-order valence-corrected chi connectivity index (χ2v) is 5.97. The van der Waals surface area contributed by atoms with Crippen LogP contribution in [0.3, 0.4) is 0 Å². The highest BCUT2D eigenvalue weighted by molar-refractivity contribution is 7.89. The molecule has 0 heterocycles. The van der Waals surface area contributed by atoms with E-state index in [9.17, 15) is 12.8 Å². The van der Waals surface area contributed by atoms with E-state index in [0.29, 0.717) is 25.1 Å². The van der Waals surface area contributed by atoms with Crippen LogP contribution in [0.4, 0.5) is 10.1 Å². The molecule has 5 nitrogen and oxygen atoms in total. The lowest BCUT2D eigenvalue weighted by molar-refractivity contribution is 0.193. The predicted octanol–water partition coefficient (Wildman–Crippen LogP) is 1.42. The van der Waals surface area contributed by atoms with Gasteiger partial charge < -0.3 is 10.5 Å². The molecule has 3 N–H and O–H groups in total. The molecule has 0 bridgehead atoms. The van der Waals surface area contributed by atoms with Crippen LogP contribution in [0.2, 0.25) is 0 Å². The topological polar surface area (TPSA) is 81.4 Å². The highest BCUT2D eigenvalue weighted by Crippen LogP contribution is 2.21. The number of aryl methyl sites for hydroxylation is 1. The summed E-state index contributed by atoms with van der Waals surface area (Å²) in [6.45, 7) is 2.43. The lowest BCUT2D eigenvalue weighted by Gasteiger charge is -2.10. The van der Waals surface area contributed by atoms with Crippen LogP contribution in [0.5, 0.6) is 0 Å². The molecule has 0 radical (unpaired) electrons. The molecule has 1 rings (SSSR count). The summed E-state index contributed by atoms with van der Waals surface area (Å²) in [6.07, 6.45) is 1.44. The first kappa shape index (κ1) is 15.9. The van der Waals surface area contributed by atoms with E-state index in [1.807, 2.05) is 0 Å². The number of nitrogens with two attached hydrogens (primary N) is 1. The van der Waals surface area contributed by atoms with Gasteiger partial charge in [0, 0.05) is 20.3 Å². The average molecular weight is 290 g/mol. The Morgan fingerprint density at radius 3 is 2.68 bits per heavy atom. The second-order valence-electron chi connectivity index (χ2n) is 4.24. The van der Waals surface area contributed by atoms with Crippen molar-refractivity contribution < 1.29 is 17.5 Å². The van der Waals surface area contributed by atoms with Crippen LogP contribution in [0.25, 0.3) is 0 Å². The summed E-state index contributed by atoms with van der Waals surface area (Å²) in [6, 6.07) is 2.26. The summed E-state index contributed by atoms with van der Waals surface area (Å²) >= 11 is 0. The van der Waals surface area contributed by atoms with Gasteiger partial charge in [0.05, 0.1) is 10.6 Å². The third-order valence-electron chi connectivity index (χ3n) is 2.65. The fourth-order valence-electron chi connectivity index (χ4n) is 1.61. The van der Waals surface area contributed by atoms with E-state index in [1.165, 1.54) is 6.92 Å². The molecule has 0 saturated heterocycles. The van der Waals surface area contributed by atoms with Crippen LogP contribution in [0.15, 0.2) is 17.0 Å². The number of unbranched alkanes of at least 4 members (excludes halogenated alkanes) is 1. The van der Waals surface area contributed by atoms with Crippen molar-refractivity contribution in [1.82, 2.24) is 4.72 Å². The maximum atomic E-state index is 13.2. The van der Waals surface area contributed by atoms with Crippen LogP contribution in [0, 0.1) is 12.7 Å². The van der Waals surface area contributed by atoms with Gasteiger partial charge in [0.25, 0.3) is 0 Å². The van der Waals surface area contributed by atoms with Gasteiger partial charge in [0.1, 0.15) is 5.82 Å². The van der Waals surface area contributed by atoms with Gasteiger partial charge in [-0.25, -0.2) is 17.5 Å². The fourth-order valence-corrected chi connectivity index (χ4v) is 2.95. The molecule has 0 aliphatic heterocycles. The Bertz CT molecular complexity index is 532. The smallest absolute Gasteiger partial charge is 0.240 e. The molecule has 1 aromatic carbocycles. The maximum Gasteiger partial charge on any atom is 0.240 e. The Labute approximate surface area is 113 Å². The van der Waals surface area contributed by atoms with Gasteiger partial charge in [0.15, 0.2) is 0 Å². The predicted molar refractivity (Wildman–Crippen MR) is 71.8 cm³/mol. The number of benzene rings is 1. The monoisotopic (exact) mass is 290 g/mol. The largest absolute Gasteiger partial charge is 0.396 e. The molecule has 19 heavy (non-hydrogen) atoms. The van der Waals surface area contributed by atoms with Crippen molar-refractivity contribution in [2.45, 2.75) is 24.7 Å². The Morgan fingerprint density at radius 1 is 1.37 bits per heavy atom. The summed E-state index contributed by atoms with van der Waals surface area (Å²) in [4.78, 5) is 0.0122. The van der Waals surface area contributed by atoms with Crippen molar-refractivity contribution in [2.75, 3.05) is 26.0 Å². The summed E-state index contributed by atoms with van der Waals surface area (Å²) < 4.78 is 44.6. The Morgan fingerprint density at radius 2 is 2.05 bits per heavy atom. The molecule has 0 aliphatic carbocycles. The van der Waals surface area contributed by atoms with Crippen molar-refractivity contribution in [3.63, 3.8) is 0 Å². The van der Waals surface area contributed by atoms with E-state index >= 15 is 0 Å². The second kappa shape index (κ2) is 6.83. The van der Waals surface area contributed by atoms with Crippen LogP contribution < -0.4 is 10.5 Å². The Hall–Kier alpha value is -1.18. The SMILES string of the molecule is COCCCCNS(=O)(=O)c1cc(N)c(F)cc1C. The molecule has 0 unspecified atom stereocenters. The van der Waals surface area contributed by atoms with Gasteiger partial charge in [0.2, 0.25) is 10.0 Å². The van der Waals surface area contributed by atoms with Gasteiger partial charge in [-0.15, -0.1) is 0 Å². The van der Waals surface area contributed by atoms with Crippen molar-refractivity contribution >= 4 is 15.7 Å².